The minimum absolute atomic E-state index is 0.00311. The van der Waals surface area contributed by atoms with Crippen molar-refractivity contribution in [2.45, 2.75) is 273 Å². The van der Waals surface area contributed by atoms with E-state index in [1.807, 2.05) is 20.8 Å². The van der Waals surface area contributed by atoms with Gasteiger partial charge in [-0.05, 0) is 132 Å². The minimum atomic E-state index is -4.51. The van der Waals surface area contributed by atoms with Crippen molar-refractivity contribution in [1.82, 2.24) is 60.0 Å². The summed E-state index contributed by atoms with van der Waals surface area (Å²) in [5.74, 6) is -10.5. The van der Waals surface area contributed by atoms with Crippen LogP contribution < -0.4 is 16.0 Å². The fourth-order valence-corrected chi connectivity index (χ4v) is 17.5. The molecular weight excluding hydrogens is 1340 g/mol. The molecule has 0 aromatic heterocycles. The summed E-state index contributed by atoms with van der Waals surface area (Å²) in [6.07, 6.45) is 8.73. The molecule has 3 saturated heterocycles. The Morgan fingerprint density at radius 3 is 1.76 bits per heavy atom. The average Bonchev–Trinajstić information content (AvgIpc) is 0.963. The zero-order valence-electron chi connectivity index (χ0n) is 62.8. The van der Waals surface area contributed by atoms with E-state index in [1.165, 1.54) is 71.7 Å². The molecule has 102 heavy (non-hydrogen) atoms. The van der Waals surface area contributed by atoms with E-state index in [2.05, 4.69) is 16.0 Å². The van der Waals surface area contributed by atoms with Crippen molar-refractivity contribution in [3.05, 3.63) is 0 Å². The van der Waals surface area contributed by atoms with Gasteiger partial charge in [0.25, 0.3) is 0 Å². The summed E-state index contributed by atoms with van der Waals surface area (Å²) in [4.78, 5) is 192. The topological polar surface area (TPSA) is 270 Å². The summed E-state index contributed by atoms with van der Waals surface area (Å²) in [5.41, 5.74) is -1.56. The average molecular weight is 1460 g/mol. The van der Waals surface area contributed by atoms with E-state index in [0.29, 0.717) is 64.5 Å². The molecule has 3 N–H and O–H groups in total. The second-order valence-electron chi connectivity index (χ2n) is 31.6. The molecule has 0 bridgehead atoms. The Morgan fingerprint density at radius 1 is 0.569 bits per heavy atom. The number of carbonyl (C=O) groups is 12. The van der Waals surface area contributed by atoms with Gasteiger partial charge in [0.2, 0.25) is 70.9 Å². The van der Waals surface area contributed by atoms with Gasteiger partial charge in [0, 0.05) is 74.3 Å². The molecule has 0 aromatic carbocycles. The molecule has 576 valence electrons. The first-order chi connectivity index (χ1) is 48.2. The monoisotopic (exact) mass is 1460 g/mol. The predicted molar refractivity (Wildman–Crippen MR) is 379 cm³/mol. The number of nitrogens with one attached hydrogen (secondary N) is 3. The van der Waals surface area contributed by atoms with Crippen molar-refractivity contribution >= 4 is 82.5 Å². The van der Waals surface area contributed by atoms with Gasteiger partial charge in [0.05, 0.1) is 32.0 Å². The van der Waals surface area contributed by atoms with Gasteiger partial charge in [-0.25, -0.2) is 0 Å². The van der Waals surface area contributed by atoms with Gasteiger partial charge in [-0.2, -0.15) is 13.2 Å². The van der Waals surface area contributed by atoms with E-state index in [-0.39, 0.29) is 88.5 Å². The van der Waals surface area contributed by atoms with Crippen LogP contribution in [0.4, 0.5) is 13.2 Å². The van der Waals surface area contributed by atoms with Gasteiger partial charge in [-0.3, -0.25) is 57.5 Å². The van der Waals surface area contributed by atoms with Crippen LogP contribution in [0.5, 0.6) is 0 Å². The molecule has 0 aromatic rings. The number of amides is 12. The fraction of sp³-hybridized carbons (Fsp3) is 0.838. The second kappa shape index (κ2) is 37.6. The van der Waals surface area contributed by atoms with Crippen LogP contribution >= 0.6 is 11.6 Å². The lowest BCUT2D eigenvalue weighted by atomic mass is 9.78. The maximum atomic E-state index is 15.9. The molecule has 7 fully saturated rings. The first-order valence-electron chi connectivity index (χ1n) is 38.2. The molecule has 1 spiro atoms. The smallest absolute Gasteiger partial charge is 0.343 e. The van der Waals surface area contributed by atoms with Crippen LogP contribution in [-0.2, 0) is 57.5 Å². The van der Waals surface area contributed by atoms with Gasteiger partial charge >= 0.3 is 6.18 Å². The van der Waals surface area contributed by atoms with E-state index in [1.54, 1.807) is 18.9 Å². The number of hydrogen-bond acceptors (Lipinski definition) is 12. The molecule has 0 radical (unpaired) electrons. The summed E-state index contributed by atoms with van der Waals surface area (Å²) in [5, 5.41) is 7.70. The zero-order chi connectivity index (χ0) is 75.1. The first kappa shape index (κ1) is 83.0. The Bertz CT molecular complexity index is 2940. The molecule has 3 heterocycles. The second-order valence-corrected chi connectivity index (χ2v) is 32.2. The molecule has 3 unspecified atom stereocenters. The largest absolute Gasteiger partial charge is 0.393 e. The summed E-state index contributed by atoms with van der Waals surface area (Å²) < 4.78 is 42.1. The van der Waals surface area contributed by atoms with E-state index in [4.69, 9.17) is 11.6 Å². The van der Waals surface area contributed by atoms with Crippen molar-refractivity contribution in [2.75, 3.05) is 88.6 Å². The lowest BCUT2D eigenvalue weighted by molar-refractivity contribution is -0.182. The predicted octanol–water partition coefficient (Wildman–Crippen LogP) is 6.87. The summed E-state index contributed by atoms with van der Waals surface area (Å²) in [6.45, 7) is 6.60. The van der Waals surface area contributed by atoms with Gasteiger partial charge in [-0.1, -0.05) is 105 Å². The summed E-state index contributed by atoms with van der Waals surface area (Å²) in [6, 6.07) is -8.52. The molecule has 24 nitrogen and oxygen atoms in total. The Hall–Kier alpha value is -6.28. The molecule has 28 heteroatoms. The normalized spacial score (nSPS) is 29.9. The van der Waals surface area contributed by atoms with Crippen LogP contribution in [0.2, 0.25) is 0 Å². The van der Waals surface area contributed by atoms with Crippen LogP contribution in [-0.4, -0.2) is 263 Å². The van der Waals surface area contributed by atoms with Crippen LogP contribution in [0.1, 0.15) is 214 Å². The molecule has 4 saturated carbocycles. The number of hydrogen-bond donors (Lipinski definition) is 3. The van der Waals surface area contributed by atoms with Gasteiger partial charge in [0.1, 0.15) is 47.8 Å². The molecular formula is C74H120ClF3N12O12. The lowest BCUT2D eigenvalue weighted by Crippen LogP contribution is -2.66. The number of halogens is 4. The number of likely N-dealkylation sites (tertiary alicyclic amines) is 1. The van der Waals surface area contributed by atoms with Crippen molar-refractivity contribution in [1.29, 1.82) is 0 Å². The number of piperidine rings is 1. The van der Waals surface area contributed by atoms with Crippen molar-refractivity contribution < 1.29 is 70.7 Å². The molecule has 11 atom stereocenters. The highest BCUT2D eigenvalue weighted by Gasteiger charge is 2.52. The zero-order valence-corrected chi connectivity index (χ0v) is 63.5. The van der Waals surface area contributed by atoms with E-state index >= 15 is 28.8 Å². The quantitative estimate of drug-likeness (QED) is 0.179. The van der Waals surface area contributed by atoms with Crippen molar-refractivity contribution in [3.63, 3.8) is 0 Å². The third-order valence-corrected chi connectivity index (χ3v) is 24.2. The third kappa shape index (κ3) is 21.2. The van der Waals surface area contributed by atoms with Crippen molar-refractivity contribution in [3.8, 4) is 0 Å². The Labute approximate surface area is 608 Å². The Kier molecular flexibility index (Phi) is 30.6. The minimum Gasteiger partial charge on any atom is -0.343 e. The molecule has 12 amide bonds. The first-order valence-corrected chi connectivity index (χ1v) is 38.6. The maximum Gasteiger partial charge on any atom is 0.393 e. The molecule has 7 rings (SSSR count). The number of nitrogens with zero attached hydrogens (tertiary/aromatic N) is 9. The van der Waals surface area contributed by atoms with Gasteiger partial charge in [-0.15, -0.1) is 11.6 Å². The fourth-order valence-electron chi connectivity index (χ4n) is 17.0. The third-order valence-electron chi connectivity index (χ3n) is 23.7. The van der Waals surface area contributed by atoms with Crippen LogP contribution in [0.15, 0.2) is 0 Å². The van der Waals surface area contributed by atoms with E-state index in [9.17, 15) is 41.9 Å². The number of alkyl halides is 4. The highest BCUT2D eigenvalue weighted by molar-refractivity contribution is 6.21. The van der Waals surface area contributed by atoms with Crippen LogP contribution in [0.3, 0.4) is 0 Å². The summed E-state index contributed by atoms with van der Waals surface area (Å²) in [7, 11) is 10.1. The molecule has 3 aliphatic heterocycles. The molecule has 7 aliphatic rings. The summed E-state index contributed by atoms with van der Waals surface area (Å²) >= 11 is 6.42. The standard InChI is InChI=1S/C74H120ClF3N12O12/c1-12-48(4)63-70(100)84(7)45-61(93)82(5)46-62(94)86(9)57(42-49-26-17-13-18-27-49)68(98)83(6)44-59(91)79-54(34-32-50-31-33-52(53(75)41-50)74(76,77)78)67(97)90-39-25-30-55(90)66(96)81-73(35-21-15-22-36-73)72(102)88(11)64(51-28-19-14-20-29-51)71(101)87(10)58(69(99)89-37-23-16-24-38-89)43-60(92)85(8)56(40-47(2)3)65(95)80-63/h47-58,63-64H,12-46H2,1-11H3,(H,79,91)(H,80,95)(H,81,96)/t48-,50?,52?,53?,54-,55-,56-,57-,58-,63-,64-/m0/s1. The van der Waals surface area contributed by atoms with Crippen LogP contribution in [0, 0.1) is 35.5 Å². The number of rotatable bonds is 11. The van der Waals surface area contributed by atoms with E-state index < -0.39 is 174 Å². The van der Waals surface area contributed by atoms with Gasteiger partial charge < -0.3 is 60.0 Å². The Morgan fingerprint density at radius 2 is 1.16 bits per heavy atom. The number of fused-ring (bicyclic) bond motifs is 1. The van der Waals surface area contributed by atoms with Crippen molar-refractivity contribution in [2.24, 2.45) is 35.5 Å². The highest BCUT2D eigenvalue weighted by Crippen LogP contribution is 2.44. The lowest BCUT2D eigenvalue weighted by Gasteiger charge is -2.45. The van der Waals surface area contributed by atoms with Crippen LogP contribution in [0.25, 0.3) is 0 Å². The Balaban J connectivity index is 1.29. The SMILES string of the molecule is CC[C@H](C)[C@@H]1NC(=O)[C@H](CC(C)C)N(C)C(=O)C[C@@H](C(=O)N2CCCCC2)N(C)C(=O)[C@H](C2CCCCC2)N(C)C(=O)C2(CCCCC2)NC(=O)[C@@H]2CCCN2C(=O)[C@H](CCC2CCC(C(F)(F)F)C(Cl)C2)NC(=O)CN(C)C(=O)[C@H](CC2CCCCC2)N(C)C(=O)CN(C)C(=O)CN(C)C1=O. The van der Waals surface area contributed by atoms with Gasteiger partial charge in [0.15, 0.2) is 0 Å². The number of likely N-dealkylation sites (N-methyl/N-ethyl adjacent to an activating group) is 7. The highest BCUT2D eigenvalue weighted by atomic mass is 35.5. The molecule has 4 aliphatic carbocycles. The maximum absolute atomic E-state index is 15.9. The number of carbonyl (C=O) groups excluding carboxylic acids is 12. The van der Waals surface area contributed by atoms with E-state index in [0.717, 1.165) is 74.0 Å².